The predicted octanol–water partition coefficient (Wildman–Crippen LogP) is 3.70. The van der Waals surface area contributed by atoms with E-state index < -0.39 is 25.5 Å². The minimum atomic E-state index is -4.12. The number of nitro groups is 1. The zero-order chi connectivity index (χ0) is 18.6. The van der Waals surface area contributed by atoms with Gasteiger partial charge in [-0.15, -0.1) is 17.9 Å². The summed E-state index contributed by atoms with van der Waals surface area (Å²) in [6.45, 7) is 3.59. The molecule has 0 unspecified atom stereocenters. The number of rotatable bonds is 8. The van der Waals surface area contributed by atoms with E-state index in [4.69, 9.17) is 16.3 Å². The lowest BCUT2D eigenvalue weighted by Crippen LogP contribution is -2.31. The van der Waals surface area contributed by atoms with Crippen molar-refractivity contribution >= 4 is 38.6 Å². The lowest BCUT2D eigenvalue weighted by Gasteiger charge is -2.20. The summed E-state index contributed by atoms with van der Waals surface area (Å²) in [6, 6.07) is 7.00. The van der Waals surface area contributed by atoms with Crippen molar-refractivity contribution in [1.29, 1.82) is 0 Å². The number of hydrogen-bond acceptors (Lipinski definition) is 6. The summed E-state index contributed by atoms with van der Waals surface area (Å²) in [5, 5.41) is 11.3. The molecule has 2 aromatic rings. The molecule has 2 rings (SSSR count). The van der Waals surface area contributed by atoms with Gasteiger partial charge < -0.3 is 4.74 Å². The van der Waals surface area contributed by atoms with Crippen molar-refractivity contribution in [2.45, 2.75) is 11.4 Å². The van der Waals surface area contributed by atoms with E-state index in [9.17, 15) is 18.5 Å². The first-order valence-electron chi connectivity index (χ1n) is 6.97. The molecule has 0 fully saturated rings. The number of hydrogen-bond donors (Lipinski definition) is 0. The van der Waals surface area contributed by atoms with E-state index in [1.165, 1.54) is 36.7 Å². The van der Waals surface area contributed by atoms with E-state index in [1.54, 1.807) is 12.1 Å². The van der Waals surface area contributed by atoms with Gasteiger partial charge in [-0.25, -0.2) is 8.42 Å². The monoisotopic (exact) mass is 402 g/mol. The maximum Gasteiger partial charge on any atom is 0.293 e. The molecule has 0 saturated carbocycles. The van der Waals surface area contributed by atoms with E-state index in [-0.39, 0.29) is 18.8 Å². The molecular weight excluding hydrogens is 388 g/mol. The highest BCUT2D eigenvalue weighted by Crippen LogP contribution is 2.32. The van der Waals surface area contributed by atoms with Gasteiger partial charge in [0.1, 0.15) is 5.75 Å². The van der Waals surface area contributed by atoms with Crippen LogP contribution in [0.2, 0.25) is 4.34 Å². The summed E-state index contributed by atoms with van der Waals surface area (Å²) in [4.78, 5) is 10.9. The second kappa shape index (κ2) is 7.96. The molecule has 0 aliphatic heterocycles. The van der Waals surface area contributed by atoms with E-state index in [0.717, 1.165) is 10.4 Å². The second-order valence-electron chi connectivity index (χ2n) is 4.88. The topological polar surface area (TPSA) is 89.8 Å². The molecule has 0 spiro atoms. The van der Waals surface area contributed by atoms with Crippen molar-refractivity contribution in [1.82, 2.24) is 4.31 Å². The lowest BCUT2D eigenvalue weighted by molar-refractivity contribution is -0.387. The van der Waals surface area contributed by atoms with Crippen molar-refractivity contribution in [3.8, 4) is 5.75 Å². The van der Waals surface area contributed by atoms with Gasteiger partial charge in [0.15, 0.2) is 4.90 Å². The van der Waals surface area contributed by atoms with Crippen molar-refractivity contribution in [2.75, 3.05) is 13.7 Å². The largest absolute Gasteiger partial charge is 0.497 e. The number of nitrogens with zero attached hydrogens (tertiary/aromatic N) is 2. The molecule has 0 amide bonds. The zero-order valence-corrected chi connectivity index (χ0v) is 15.6. The van der Waals surface area contributed by atoms with Gasteiger partial charge in [0.25, 0.3) is 15.7 Å². The van der Waals surface area contributed by atoms with Crippen molar-refractivity contribution < 1.29 is 18.1 Å². The van der Waals surface area contributed by atoms with Crippen LogP contribution in [-0.4, -0.2) is 31.3 Å². The fraction of sp³-hybridized carbons (Fsp3) is 0.200. The first kappa shape index (κ1) is 19.4. The second-order valence-corrected chi connectivity index (χ2v) is 8.59. The standard InChI is InChI=1S/C15H15ClN2O5S2/c1-3-8-17(10-12-5-7-15(16)24-12)25(21,22)14-6-4-11(23-2)9-13(14)18(19)20/h3-7,9H,1,8,10H2,2H3. The van der Waals surface area contributed by atoms with Crippen molar-refractivity contribution in [3.63, 3.8) is 0 Å². The summed E-state index contributed by atoms with van der Waals surface area (Å²) in [5.41, 5.74) is -0.544. The quantitative estimate of drug-likeness (QED) is 0.381. The van der Waals surface area contributed by atoms with Gasteiger partial charge in [-0.2, -0.15) is 4.31 Å². The lowest BCUT2D eigenvalue weighted by atomic mass is 10.3. The Morgan fingerprint density at radius 3 is 2.64 bits per heavy atom. The molecule has 0 N–H and O–H groups in total. The normalized spacial score (nSPS) is 11.5. The van der Waals surface area contributed by atoms with Crippen LogP contribution in [0.25, 0.3) is 0 Å². The summed E-state index contributed by atoms with van der Waals surface area (Å²) in [7, 11) is -2.78. The van der Waals surface area contributed by atoms with Gasteiger partial charge in [0, 0.05) is 18.0 Å². The number of benzene rings is 1. The molecule has 25 heavy (non-hydrogen) atoms. The minimum Gasteiger partial charge on any atom is -0.497 e. The van der Waals surface area contributed by atoms with Gasteiger partial charge >= 0.3 is 0 Å². The molecule has 0 aliphatic carbocycles. The van der Waals surface area contributed by atoms with Crippen LogP contribution in [0.3, 0.4) is 0 Å². The molecule has 0 radical (unpaired) electrons. The molecule has 0 atom stereocenters. The van der Waals surface area contributed by atoms with Gasteiger partial charge in [-0.3, -0.25) is 10.1 Å². The molecule has 0 saturated heterocycles. The highest BCUT2D eigenvalue weighted by atomic mass is 35.5. The van der Waals surface area contributed by atoms with E-state index in [2.05, 4.69) is 6.58 Å². The van der Waals surface area contributed by atoms with Crippen LogP contribution in [-0.2, 0) is 16.6 Å². The Bertz CT molecular complexity index is 895. The fourth-order valence-corrected chi connectivity index (χ4v) is 4.84. The Hall–Kier alpha value is -1.94. The maximum absolute atomic E-state index is 13.0. The van der Waals surface area contributed by atoms with Crippen LogP contribution in [0.1, 0.15) is 4.88 Å². The Morgan fingerprint density at radius 2 is 2.12 bits per heavy atom. The third-order valence-electron chi connectivity index (χ3n) is 3.27. The van der Waals surface area contributed by atoms with E-state index in [1.807, 2.05) is 0 Å². The van der Waals surface area contributed by atoms with Gasteiger partial charge in [-0.1, -0.05) is 17.7 Å². The number of halogens is 1. The Balaban J connectivity index is 2.49. The number of sulfonamides is 1. The molecule has 7 nitrogen and oxygen atoms in total. The SMILES string of the molecule is C=CCN(Cc1ccc(Cl)s1)S(=O)(=O)c1ccc(OC)cc1[N+](=O)[O-]. The van der Waals surface area contributed by atoms with Crippen LogP contribution in [0.4, 0.5) is 5.69 Å². The highest BCUT2D eigenvalue weighted by Gasteiger charge is 2.32. The highest BCUT2D eigenvalue weighted by molar-refractivity contribution is 7.89. The van der Waals surface area contributed by atoms with Crippen molar-refractivity contribution in [2.24, 2.45) is 0 Å². The van der Waals surface area contributed by atoms with E-state index >= 15 is 0 Å². The summed E-state index contributed by atoms with van der Waals surface area (Å²) in [6.07, 6.45) is 1.42. The van der Waals surface area contributed by atoms with Gasteiger partial charge in [0.2, 0.25) is 0 Å². The molecule has 10 heteroatoms. The van der Waals surface area contributed by atoms with Gasteiger partial charge in [-0.05, 0) is 24.3 Å². The van der Waals surface area contributed by atoms with Crippen LogP contribution in [0.5, 0.6) is 5.75 Å². The molecular formula is C15H15ClN2O5S2. The fourth-order valence-electron chi connectivity index (χ4n) is 2.13. The molecule has 0 aliphatic rings. The molecule has 1 heterocycles. The summed E-state index contributed by atoms with van der Waals surface area (Å²) >= 11 is 7.12. The molecule has 1 aromatic carbocycles. The van der Waals surface area contributed by atoms with E-state index in [0.29, 0.717) is 9.21 Å². The average molecular weight is 403 g/mol. The van der Waals surface area contributed by atoms with Crippen LogP contribution in [0, 0.1) is 10.1 Å². The van der Waals surface area contributed by atoms with Crippen LogP contribution >= 0.6 is 22.9 Å². The van der Waals surface area contributed by atoms with Crippen molar-refractivity contribution in [3.05, 3.63) is 62.3 Å². The average Bonchev–Trinajstić information content (AvgIpc) is 2.98. The molecule has 0 bridgehead atoms. The smallest absolute Gasteiger partial charge is 0.293 e. The summed E-state index contributed by atoms with van der Waals surface area (Å²) in [5.74, 6) is 0.200. The van der Waals surface area contributed by atoms with Crippen LogP contribution < -0.4 is 4.74 Å². The van der Waals surface area contributed by atoms with Crippen LogP contribution in [0.15, 0.2) is 47.9 Å². The molecule has 1 aromatic heterocycles. The first-order valence-corrected chi connectivity index (χ1v) is 9.60. The number of methoxy groups -OCH3 is 1. The third kappa shape index (κ3) is 4.37. The maximum atomic E-state index is 13.0. The Morgan fingerprint density at radius 1 is 1.40 bits per heavy atom. The Kier molecular flexibility index (Phi) is 6.17. The molecule has 134 valence electrons. The number of ether oxygens (including phenoxy) is 1. The number of thiophene rings is 1. The third-order valence-corrected chi connectivity index (χ3v) is 6.35. The summed E-state index contributed by atoms with van der Waals surface area (Å²) < 4.78 is 32.5. The predicted molar refractivity (Wildman–Crippen MR) is 96.8 cm³/mol. The number of nitro benzene ring substituents is 1. The van der Waals surface area contributed by atoms with Gasteiger partial charge in [0.05, 0.1) is 22.4 Å². The zero-order valence-electron chi connectivity index (χ0n) is 13.2. The minimum absolute atomic E-state index is 0.00103. The first-order chi connectivity index (χ1) is 11.8. The Labute approximate surface area is 154 Å².